The molecule has 2 rings (SSSR count). The maximum absolute atomic E-state index is 13.0. The highest BCUT2D eigenvalue weighted by molar-refractivity contribution is 5.16. The molecule has 0 aliphatic rings. The lowest BCUT2D eigenvalue weighted by atomic mass is 10.2. The zero-order valence-corrected chi connectivity index (χ0v) is 10.0. The van der Waals surface area contributed by atoms with Crippen LogP contribution in [-0.4, -0.2) is 9.78 Å². The molecule has 0 radical (unpaired) electrons. The van der Waals surface area contributed by atoms with Gasteiger partial charge in [-0.25, -0.2) is 4.39 Å². The molecule has 3 nitrogen and oxygen atoms in total. The van der Waals surface area contributed by atoms with Crippen molar-refractivity contribution in [3.8, 4) is 0 Å². The topological polar surface area (TPSA) is 29.9 Å². The minimum atomic E-state index is -0.197. The second kappa shape index (κ2) is 5.10. The average molecular weight is 233 g/mol. The Morgan fingerprint density at radius 1 is 1.41 bits per heavy atom. The van der Waals surface area contributed by atoms with Gasteiger partial charge in [-0.3, -0.25) is 4.68 Å². The third-order valence-corrected chi connectivity index (χ3v) is 2.80. The number of hydrogen-bond donors (Lipinski definition) is 1. The fourth-order valence-corrected chi connectivity index (χ4v) is 1.83. The van der Waals surface area contributed by atoms with Crippen LogP contribution in [0.15, 0.2) is 36.5 Å². The van der Waals surface area contributed by atoms with Crippen LogP contribution in [0.3, 0.4) is 0 Å². The Balaban J connectivity index is 1.97. The molecule has 0 aliphatic carbocycles. The summed E-state index contributed by atoms with van der Waals surface area (Å²) in [5, 5.41) is 7.47. The van der Waals surface area contributed by atoms with E-state index in [4.69, 9.17) is 0 Å². The summed E-state index contributed by atoms with van der Waals surface area (Å²) in [5.41, 5.74) is 2.06. The van der Waals surface area contributed by atoms with E-state index in [1.54, 1.807) is 18.3 Å². The van der Waals surface area contributed by atoms with Crippen LogP contribution in [0.2, 0.25) is 0 Å². The molecule has 2 aromatic rings. The second-order valence-corrected chi connectivity index (χ2v) is 4.11. The van der Waals surface area contributed by atoms with Crippen LogP contribution < -0.4 is 5.32 Å². The van der Waals surface area contributed by atoms with Crippen molar-refractivity contribution in [2.45, 2.75) is 19.5 Å². The van der Waals surface area contributed by atoms with Gasteiger partial charge in [-0.2, -0.15) is 5.10 Å². The first-order valence-corrected chi connectivity index (χ1v) is 5.62. The third-order valence-electron chi connectivity index (χ3n) is 2.80. The van der Waals surface area contributed by atoms with Gasteiger partial charge in [-0.15, -0.1) is 0 Å². The molecule has 1 aromatic heterocycles. The highest BCUT2D eigenvalue weighted by Crippen LogP contribution is 2.11. The van der Waals surface area contributed by atoms with Crippen LogP contribution in [0.1, 0.15) is 24.2 Å². The number of nitrogens with zero attached hydrogens (tertiary/aromatic N) is 2. The minimum absolute atomic E-state index is 0.186. The molecule has 0 saturated heterocycles. The van der Waals surface area contributed by atoms with Crippen molar-refractivity contribution >= 4 is 0 Å². The van der Waals surface area contributed by atoms with E-state index in [1.165, 1.54) is 6.07 Å². The maximum atomic E-state index is 13.0. The van der Waals surface area contributed by atoms with Crippen LogP contribution in [0, 0.1) is 5.82 Å². The Morgan fingerprint density at radius 3 is 2.88 bits per heavy atom. The summed E-state index contributed by atoms with van der Waals surface area (Å²) in [4.78, 5) is 0. The van der Waals surface area contributed by atoms with E-state index in [2.05, 4.69) is 17.3 Å². The Morgan fingerprint density at radius 2 is 2.24 bits per heavy atom. The fourth-order valence-electron chi connectivity index (χ4n) is 1.83. The highest BCUT2D eigenvalue weighted by Gasteiger charge is 2.08. The molecule has 1 N–H and O–H groups in total. The lowest BCUT2D eigenvalue weighted by molar-refractivity contribution is 0.528. The third kappa shape index (κ3) is 2.91. The first-order valence-electron chi connectivity index (χ1n) is 5.62. The van der Waals surface area contributed by atoms with Gasteiger partial charge in [-0.05, 0) is 30.7 Å². The van der Waals surface area contributed by atoms with Gasteiger partial charge in [0.05, 0.1) is 5.69 Å². The number of hydrogen-bond acceptors (Lipinski definition) is 2. The number of aryl methyl sites for hydroxylation is 1. The van der Waals surface area contributed by atoms with Gasteiger partial charge in [-0.1, -0.05) is 12.1 Å². The summed E-state index contributed by atoms with van der Waals surface area (Å²) >= 11 is 0. The van der Waals surface area contributed by atoms with E-state index < -0.39 is 0 Å². The normalized spacial score (nSPS) is 12.6. The van der Waals surface area contributed by atoms with Crippen molar-refractivity contribution in [1.29, 1.82) is 0 Å². The number of benzene rings is 1. The summed E-state index contributed by atoms with van der Waals surface area (Å²) in [6, 6.07) is 8.79. The molecule has 1 atom stereocenters. The standard InChI is InChI=1S/C13H16FN3/c1-10(13-6-7-16-17(13)2)15-9-11-4-3-5-12(14)8-11/h3-8,10,15H,9H2,1-2H3. The lowest BCUT2D eigenvalue weighted by Crippen LogP contribution is -2.20. The van der Waals surface area contributed by atoms with Gasteiger partial charge in [0.2, 0.25) is 0 Å². The van der Waals surface area contributed by atoms with E-state index in [0.717, 1.165) is 11.3 Å². The van der Waals surface area contributed by atoms with E-state index in [9.17, 15) is 4.39 Å². The van der Waals surface area contributed by atoms with Crippen molar-refractivity contribution in [3.05, 3.63) is 53.6 Å². The Kier molecular flexibility index (Phi) is 3.54. The van der Waals surface area contributed by atoms with E-state index in [1.807, 2.05) is 23.9 Å². The largest absolute Gasteiger partial charge is 0.305 e. The quantitative estimate of drug-likeness (QED) is 0.878. The second-order valence-electron chi connectivity index (χ2n) is 4.11. The van der Waals surface area contributed by atoms with Gasteiger partial charge < -0.3 is 5.32 Å². The SMILES string of the molecule is CC(NCc1cccc(F)c1)c1ccnn1C. The molecule has 0 saturated carbocycles. The van der Waals surface area contributed by atoms with Crippen molar-refractivity contribution in [2.75, 3.05) is 0 Å². The predicted octanol–water partition coefficient (Wildman–Crippen LogP) is 2.41. The summed E-state index contributed by atoms with van der Waals surface area (Å²) in [6.45, 7) is 2.71. The van der Waals surface area contributed by atoms with E-state index in [0.29, 0.717) is 6.54 Å². The van der Waals surface area contributed by atoms with Crippen LogP contribution >= 0.6 is 0 Å². The number of nitrogens with one attached hydrogen (secondary N) is 1. The number of aromatic nitrogens is 2. The molecule has 0 amide bonds. The molecule has 1 unspecified atom stereocenters. The Labute approximate surface area is 100 Å². The molecule has 4 heteroatoms. The summed E-state index contributed by atoms with van der Waals surface area (Å²) < 4.78 is 14.8. The minimum Gasteiger partial charge on any atom is -0.305 e. The first kappa shape index (κ1) is 11.8. The lowest BCUT2D eigenvalue weighted by Gasteiger charge is -2.14. The Bertz CT molecular complexity index is 493. The van der Waals surface area contributed by atoms with Gasteiger partial charge in [0.25, 0.3) is 0 Å². The van der Waals surface area contributed by atoms with Crippen molar-refractivity contribution < 1.29 is 4.39 Å². The Hall–Kier alpha value is -1.68. The number of rotatable bonds is 4. The molecule has 17 heavy (non-hydrogen) atoms. The number of halogens is 1. The zero-order valence-electron chi connectivity index (χ0n) is 10.0. The highest BCUT2D eigenvalue weighted by atomic mass is 19.1. The summed E-state index contributed by atoms with van der Waals surface area (Å²) in [7, 11) is 1.91. The molecular formula is C13H16FN3. The molecule has 0 bridgehead atoms. The van der Waals surface area contributed by atoms with Crippen molar-refractivity contribution in [1.82, 2.24) is 15.1 Å². The van der Waals surface area contributed by atoms with E-state index >= 15 is 0 Å². The van der Waals surface area contributed by atoms with Crippen molar-refractivity contribution in [3.63, 3.8) is 0 Å². The van der Waals surface area contributed by atoms with Crippen LogP contribution in [0.25, 0.3) is 0 Å². The molecule has 1 heterocycles. The molecule has 90 valence electrons. The molecule has 0 fully saturated rings. The first-order chi connectivity index (χ1) is 8.16. The summed E-state index contributed by atoms with van der Waals surface area (Å²) in [6.07, 6.45) is 1.77. The molecule has 1 aromatic carbocycles. The van der Waals surface area contributed by atoms with E-state index in [-0.39, 0.29) is 11.9 Å². The molecular weight excluding hydrogens is 217 g/mol. The zero-order chi connectivity index (χ0) is 12.3. The predicted molar refractivity (Wildman–Crippen MR) is 64.9 cm³/mol. The van der Waals surface area contributed by atoms with Gasteiger partial charge >= 0.3 is 0 Å². The van der Waals surface area contributed by atoms with Crippen LogP contribution in [0.5, 0.6) is 0 Å². The summed E-state index contributed by atoms with van der Waals surface area (Å²) in [5.74, 6) is -0.197. The molecule has 0 spiro atoms. The fraction of sp³-hybridized carbons (Fsp3) is 0.308. The average Bonchev–Trinajstić information content (AvgIpc) is 2.72. The maximum Gasteiger partial charge on any atom is 0.123 e. The van der Waals surface area contributed by atoms with Crippen LogP contribution in [0.4, 0.5) is 4.39 Å². The monoisotopic (exact) mass is 233 g/mol. The van der Waals surface area contributed by atoms with Gasteiger partial charge in [0.1, 0.15) is 5.82 Å². The van der Waals surface area contributed by atoms with Gasteiger partial charge in [0.15, 0.2) is 0 Å². The smallest absolute Gasteiger partial charge is 0.123 e. The van der Waals surface area contributed by atoms with Gasteiger partial charge in [0, 0.05) is 25.8 Å². The van der Waals surface area contributed by atoms with Crippen molar-refractivity contribution in [2.24, 2.45) is 7.05 Å². The van der Waals surface area contributed by atoms with Crippen LogP contribution in [-0.2, 0) is 13.6 Å². The molecule has 0 aliphatic heterocycles.